The van der Waals surface area contributed by atoms with Crippen LogP contribution in [0.25, 0.3) is 16.8 Å². The van der Waals surface area contributed by atoms with Gasteiger partial charge in [0.2, 0.25) is 5.91 Å². The fourth-order valence-electron chi connectivity index (χ4n) is 5.05. The molecule has 0 aromatic heterocycles. The monoisotopic (exact) mass is 552 g/mol. The van der Waals surface area contributed by atoms with Gasteiger partial charge in [-0.1, -0.05) is 51.6 Å². The molecule has 2 unspecified atom stereocenters. The minimum absolute atomic E-state index is 0.0812. The first kappa shape index (κ1) is 30.7. The zero-order valence-corrected chi connectivity index (χ0v) is 24.2. The number of benzene rings is 2. The molecule has 1 N–H and O–H groups in total. The number of methoxy groups -OCH3 is 3. The Kier molecular flexibility index (Phi) is 9.63. The van der Waals surface area contributed by atoms with Crippen molar-refractivity contribution >= 4 is 34.8 Å². The van der Waals surface area contributed by atoms with E-state index in [0.717, 1.165) is 21.9 Å². The first-order valence-corrected chi connectivity index (χ1v) is 13.2. The Morgan fingerprint density at radius 1 is 1.12 bits per heavy atom. The lowest BCUT2D eigenvalue weighted by Crippen LogP contribution is -2.57. The molecule has 0 saturated carbocycles. The number of carbonyl (C=O) groups excluding carboxylic acids is 3. The number of hydrogen-bond donors (Lipinski definition) is 1. The number of carbonyl (C=O) groups is 3. The highest BCUT2D eigenvalue weighted by molar-refractivity contribution is 5.92. The third kappa shape index (κ3) is 6.31. The predicted molar refractivity (Wildman–Crippen MR) is 154 cm³/mol. The van der Waals surface area contributed by atoms with Gasteiger partial charge < -0.3 is 29.2 Å². The van der Waals surface area contributed by atoms with Crippen LogP contribution in [0.15, 0.2) is 49.6 Å². The van der Waals surface area contributed by atoms with E-state index in [-0.39, 0.29) is 19.6 Å². The van der Waals surface area contributed by atoms with Crippen LogP contribution in [0, 0.1) is 5.41 Å². The van der Waals surface area contributed by atoms with Crippen molar-refractivity contribution in [1.29, 1.82) is 0 Å². The number of rotatable bonds is 10. The normalized spacial score (nSPS) is 19.6. The van der Waals surface area contributed by atoms with E-state index in [1.807, 2.05) is 51.1 Å². The number of likely N-dealkylation sites (tertiary alicyclic amines) is 1. The Morgan fingerprint density at radius 2 is 1.85 bits per heavy atom. The van der Waals surface area contributed by atoms with Crippen LogP contribution >= 0.6 is 0 Å². The van der Waals surface area contributed by atoms with Crippen LogP contribution in [0.3, 0.4) is 0 Å². The first-order chi connectivity index (χ1) is 18.9. The van der Waals surface area contributed by atoms with Gasteiger partial charge in [-0.05, 0) is 46.4 Å². The van der Waals surface area contributed by atoms with Crippen LogP contribution < -0.4 is 10.1 Å². The number of esters is 1. The van der Waals surface area contributed by atoms with Crippen molar-refractivity contribution in [2.75, 3.05) is 34.5 Å². The van der Waals surface area contributed by atoms with E-state index < -0.39 is 41.1 Å². The molecule has 9 nitrogen and oxygen atoms in total. The molecule has 1 aliphatic heterocycles. The summed E-state index contributed by atoms with van der Waals surface area (Å²) in [4.78, 5) is 41.0. The summed E-state index contributed by atoms with van der Waals surface area (Å²) in [6, 6.07) is 7.89. The molecule has 0 aliphatic carbocycles. The van der Waals surface area contributed by atoms with Gasteiger partial charge >= 0.3 is 12.1 Å². The van der Waals surface area contributed by atoms with Crippen molar-refractivity contribution in [1.82, 2.24) is 10.2 Å². The van der Waals surface area contributed by atoms with Crippen molar-refractivity contribution in [3.05, 3.63) is 60.7 Å². The smallest absolute Gasteiger partial charge is 0.407 e. The molecule has 3 atom stereocenters. The van der Waals surface area contributed by atoms with E-state index in [4.69, 9.17) is 18.9 Å². The van der Waals surface area contributed by atoms with Crippen LogP contribution in [0.4, 0.5) is 4.79 Å². The molecule has 2 aromatic carbocycles. The Balaban J connectivity index is 2.01. The van der Waals surface area contributed by atoms with Gasteiger partial charge in [0, 0.05) is 19.1 Å². The van der Waals surface area contributed by atoms with E-state index in [1.165, 1.54) is 12.0 Å². The summed E-state index contributed by atoms with van der Waals surface area (Å²) in [5, 5.41) is 4.59. The number of hydrogen-bond acceptors (Lipinski definition) is 7. The quantitative estimate of drug-likeness (QED) is 0.256. The van der Waals surface area contributed by atoms with Gasteiger partial charge in [-0.3, -0.25) is 4.79 Å². The lowest BCUT2D eigenvalue weighted by atomic mass is 9.85. The second-order valence-corrected chi connectivity index (χ2v) is 10.9. The highest BCUT2D eigenvalue weighted by atomic mass is 16.5. The summed E-state index contributed by atoms with van der Waals surface area (Å²) >= 11 is 0. The number of fused-ring (bicyclic) bond motifs is 1. The molecule has 2 aromatic rings. The average Bonchev–Trinajstić information content (AvgIpc) is 3.35. The Hall–Kier alpha value is -3.85. The van der Waals surface area contributed by atoms with Crippen molar-refractivity contribution in [2.45, 2.75) is 51.3 Å². The van der Waals surface area contributed by atoms with E-state index >= 15 is 0 Å². The maximum Gasteiger partial charge on any atom is 0.407 e. The summed E-state index contributed by atoms with van der Waals surface area (Å²) in [5.41, 5.74) is -0.0372. The Labute approximate surface area is 236 Å². The lowest BCUT2D eigenvalue weighted by molar-refractivity contribution is -0.152. The maximum atomic E-state index is 14.0. The predicted octanol–water partition coefficient (Wildman–Crippen LogP) is 4.82. The molecule has 40 heavy (non-hydrogen) atoms. The van der Waals surface area contributed by atoms with Crippen molar-refractivity contribution in [3.8, 4) is 5.75 Å². The molecular weight excluding hydrogens is 512 g/mol. The second-order valence-electron chi connectivity index (χ2n) is 10.9. The fourth-order valence-corrected chi connectivity index (χ4v) is 5.05. The van der Waals surface area contributed by atoms with E-state index in [9.17, 15) is 14.4 Å². The maximum absolute atomic E-state index is 14.0. The molecule has 2 amide bonds. The molecule has 1 heterocycles. The van der Waals surface area contributed by atoms with Crippen molar-refractivity contribution in [2.24, 2.45) is 5.41 Å². The standard InChI is InChI=1S/C31H40N2O7/c1-9-11-14-40-29(36)32-26(30(3,4)5)27(34)33-19-31(39-8,18-24(33)28(35)38-7)23-13-12-21-17-25(37-6)20(10-2)15-22(21)16-23/h9-10,12-13,15-17,24,26H,1-2,11,14,18-19H2,3-8H3,(H,32,36)/t24?,26-,31?/m1/s1. The fraction of sp³-hybridized carbons (Fsp3) is 0.452. The van der Waals surface area contributed by atoms with Gasteiger partial charge in [0.05, 0.1) is 27.4 Å². The van der Waals surface area contributed by atoms with Crippen molar-refractivity contribution in [3.63, 3.8) is 0 Å². The van der Waals surface area contributed by atoms with Gasteiger partial charge in [-0.15, -0.1) is 6.58 Å². The van der Waals surface area contributed by atoms with Gasteiger partial charge in [0.15, 0.2) is 0 Å². The zero-order chi connectivity index (χ0) is 29.7. The summed E-state index contributed by atoms with van der Waals surface area (Å²) in [6.45, 7) is 13.2. The summed E-state index contributed by atoms with van der Waals surface area (Å²) in [5.74, 6) is -0.279. The van der Waals surface area contributed by atoms with Crippen LogP contribution in [-0.4, -0.2) is 69.4 Å². The molecular formula is C31H40N2O7. The van der Waals surface area contributed by atoms with E-state index in [1.54, 1.807) is 26.4 Å². The highest BCUT2D eigenvalue weighted by Gasteiger charge is 2.53. The zero-order valence-electron chi connectivity index (χ0n) is 24.2. The molecule has 9 heteroatoms. The molecule has 3 rings (SSSR count). The van der Waals surface area contributed by atoms with Gasteiger partial charge in [-0.2, -0.15) is 0 Å². The van der Waals surface area contributed by atoms with Crippen LogP contribution in [0.2, 0.25) is 0 Å². The van der Waals surface area contributed by atoms with E-state index in [0.29, 0.717) is 12.2 Å². The molecule has 1 saturated heterocycles. The Bertz CT molecular complexity index is 1280. The summed E-state index contributed by atoms with van der Waals surface area (Å²) in [7, 11) is 4.46. The van der Waals surface area contributed by atoms with Crippen LogP contribution in [0.5, 0.6) is 5.75 Å². The largest absolute Gasteiger partial charge is 0.496 e. The number of amides is 2. The molecule has 1 aliphatic rings. The minimum atomic E-state index is -0.996. The van der Waals surface area contributed by atoms with Crippen LogP contribution in [0.1, 0.15) is 44.7 Å². The summed E-state index contributed by atoms with van der Waals surface area (Å²) in [6.07, 6.45) is 3.31. The Morgan fingerprint density at radius 3 is 2.42 bits per heavy atom. The number of nitrogens with zero attached hydrogens (tertiary/aromatic N) is 1. The molecule has 1 fully saturated rings. The molecule has 0 spiro atoms. The third-order valence-corrected chi connectivity index (χ3v) is 7.34. The van der Waals surface area contributed by atoms with Gasteiger partial charge in [0.25, 0.3) is 0 Å². The number of alkyl carbamates (subject to hydrolysis) is 1. The lowest BCUT2D eigenvalue weighted by Gasteiger charge is -2.35. The molecule has 216 valence electrons. The minimum Gasteiger partial charge on any atom is -0.496 e. The average molecular weight is 553 g/mol. The number of ether oxygens (including phenoxy) is 4. The SMILES string of the molecule is C=CCCOC(=O)N[C@H](C(=O)N1CC(OC)(c2ccc3cc(OC)c(C=C)cc3c2)CC1C(=O)OC)C(C)(C)C. The molecule has 0 bridgehead atoms. The topological polar surface area (TPSA) is 103 Å². The van der Waals surface area contributed by atoms with Crippen molar-refractivity contribution < 1.29 is 33.3 Å². The highest BCUT2D eigenvalue weighted by Crippen LogP contribution is 2.42. The first-order valence-electron chi connectivity index (χ1n) is 13.2. The third-order valence-electron chi connectivity index (χ3n) is 7.34. The van der Waals surface area contributed by atoms with Gasteiger partial charge in [-0.25, -0.2) is 9.59 Å². The molecule has 0 radical (unpaired) electrons. The van der Waals surface area contributed by atoms with E-state index in [2.05, 4.69) is 18.5 Å². The number of nitrogens with one attached hydrogen (secondary N) is 1. The summed E-state index contributed by atoms with van der Waals surface area (Å²) < 4.78 is 21.9. The van der Waals surface area contributed by atoms with Gasteiger partial charge in [0.1, 0.15) is 23.4 Å². The second kappa shape index (κ2) is 12.6. The van der Waals surface area contributed by atoms with Crippen LogP contribution in [-0.2, 0) is 29.4 Å².